The molecule has 0 N–H and O–H groups in total. The highest BCUT2D eigenvalue weighted by atomic mass is 16.5. The lowest BCUT2D eigenvalue weighted by atomic mass is 10.0. The van der Waals surface area contributed by atoms with Crippen molar-refractivity contribution < 1.29 is 9.53 Å². The Kier molecular flexibility index (Phi) is 6.81. The van der Waals surface area contributed by atoms with E-state index in [4.69, 9.17) is 4.74 Å². The summed E-state index contributed by atoms with van der Waals surface area (Å²) in [6, 6.07) is 23.9. The Morgan fingerprint density at radius 1 is 0.742 bits per heavy atom. The lowest BCUT2D eigenvalue weighted by Crippen LogP contribution is -2.05. The van der Waals surface area contributed by atoms with Crippen molar-refractivity contribution in [1.82, 2.24) is 9.97 Å². The van der Waals surface area contributed by atoms with Gasteiger partial charge in [-0.25, -0.2) is 0 Å². The highest BCUT2D eigenvalue weighted by molar-refractivity contribution is 5.81. The van der Waals surface area contributed by atoms with E-state index in [0.29, 0.717) is 19.4 Å². The Balaban J connectivity index is 1.32. The summed E-state index contributed by atoms with van der Waals surface area (Å²) in [6.45, 7) is 0.465. The molecule has 31 heavy (non-hydrogen) atoms. The number of Topliss-reactive ketones (excluding diaryl/α,β-unsaturated/α-hetero) is 1. The molecule has 0 spiro atoms. The van der Waals surface area contributed by atoms with Gasteiger partial charge in [-0.2, -0.15) is 0 Å². The summed E-state index contributed by atoms with van der Waals surface area (Å²) in [6.07, 6.45) is 8.87. The third-order valence-corrected chi connectivity index (χ3v) is 5.09. The van der Waals surface area contributed by atoms with Gasteiger partial charge >= 0.3 is 0 Å². The van der Waals surface area contributed by atoms with Crippen LogP contribution >= 0.6 is 0 Å². The summed E-state index contributed by atoms with van der Waals surface area (Å²) in [5.41, 5.74) is 5.22. The van der Waals surface area contributed by atoms with Crippen LogP contribution < -0.4 is 4.74 Å². The van der Waals surface area contributed by atoms with Crippen molar-refractivity contribution in [2.24, 2.45) is 0 Å². The van der Waals surface area contributed by atoms with Crippen LogP contribution in [0.5, 0.6) is 5.75 Å². The van der Waals surface area contributed by atoms with Gasteiger partial charge in [0, 0.05) is 48.8 Å². The fourth-order valence-electron chi connectivity index (χ4n) is 3.41. The molecule has 0 bridgehead atoms. The summed E-state index contributed by atoms with van der Waals surface area (Å²) < 4.78 is 6.09. The predicted molar refractivity (Wildman–Crippen MR) is 122 cm³/mol. The van der Waals surface area contributed by atoms with Crippen LogP contribution in [0, 0.1) is 0 Å². The summed E-state index contributed by atoms with van der Waals surface area (Å²) in [7, 11) is 0. The van der Waals surface area contributed by atoms with Crippen molar-refractivity contribution in [3.8, 4) is 16.9 Å². The van der Waals surface area contributed by atoms with Gasteiger partial charge in [-0.3, -0.25) is 14.8 Å². The molecule has 0 radical (unpaired) electrons. The smallest absolute Gasteiger partial charge is 0.137 e. The molecule has 0 unspecified atom stereocenters. The molecule has 4 nitrogen and oxygen atoms in total. The van der Waals surface area contributed by atoms with Crippen LogP contribution in [0.1, 0.15) is 23.1 Å². The molecule has 4 aromatic rings. The summed E-state index contributed by atoms with van der Waals surface area (Å²) in [5, 5.41) is 0. The van der Waals surface area contributed by atoms with Crippen LogP contribution in [0.3, 0.4) is 0 Å². The zero-order valence-corrected chi connectivity index (χ0v) is 17.3. The Bertz CT molecular complexity index is 1110. The number of rotatable bonds is 9. The standard InChI is InChI=1S/C27H24N2O2/c30-25(14-13-22-5-3-15-28-18-22)17-21-9-11-23(12-10-21)20-31-27-8-2-1-7-26(27)24-6-4-16-29-19-24/h1-12,15-16,18-19H,13-14,17,20H2. The van der Waals surface area contributed by atoms with Gasteiger partial charge in [0.25, 0.3) is 0 Å². The van der Waals surface area contributed by atoms with E-state index < -0.39 is 0 Å². The molecule has 2 aromatic heterocycles. The molecule has 2 aromatic carbocycles. The lowest BCUT2D eigenvalue weighted by molar-refractivity contribution is -0.118. The monoisotopic (exact) mass is 408 g/mol. The zero-order valence-electron chi connectivity index (χ0n) is 17.3. The number of aryl methyl sites for hydroxylation is 1. The molecule has 0 aliphatic rings. The van der Waals surface area contributed by atoms with Crippen molar-refractivity contribution in [3.63, 3.8) is 0 Å². The Labute approximate surface area is 182 Å². The molecule has 2 heterocycles. The number of ether oxygens (including phenoxy) is 1. The van der Waals surface area contributed by atoms with E-state index in [1.165, 1.54) is 0 Å². The van der Waals surface area contributed by atoms with Gasteiger partial charge in [0.1, 0.15) is 18.1 Å². The van der Waals surface area contributed by atoms with Gasteiger partial charge < -0.3 is 4.74 Å². The van der Waals surface area contributed by atoms with E-state index in [9.17, 15) is 4.79 Å². The number of aromatic nitrogens is 2. The lowest BCUT2D eigenvalue weighted by Gasteiger charge is -2.12. The molecule has 0 saturated carbocycles. The van der Waals surface area contributed by atoms with Crippen molar-refractivity contribution in [1.29, 1.82) is 0 Å². The molecule has 0 amide bonds. The summed E-state index contributed by atoms with van der Waals surface area (Å²) in [4.78, 5) is 20.6. The molecule has 0 saturated heterocycles. The number of pyridine rings is 2. The third kappa shape index (κ3) is 5.86. The third-order valence-electron chi connectivity index (χ3n) is 5.09. The predicted octanol–water partition coefficient (Wildman–Crippen LogP) is 5.47. The van der Waals surface area contributed by atoms with Gasteiger partial charge in [-0.15, -0.1) is 0 Å². The van der Waals surface area contributed by atoms with Gasteiger partial charge in [0.2, 0.25) is 0 Å². The maximum atomic E-state index is 12.3. The summed E-state index contributed by atoms with van der Waals surface area (Å²) in [5.74, 6) is 1.06. The number of para-hydroxylation sites is 1. The normalized spacial score (nSPS) is 10.6. The molecule has 0 fully saturated rings. The van der Waals surface area contributed by atoms with E-state index in [1.54, 1.807) is 12.4 Å². The molecular weight excluding hydrogens is 384 g/mol. The Morgan fingerprint density at radius 3 is 2.23 bits per heavy atom. The van der Waals surface area contributed by atoms with Crippen LogP contribution in [-0.4, -0.2) is 15.8 Å². The van der Waals surface area contributed by atoms with Gasteiger partial charge in [-0.1, -0.05) is 54.6 Å². The van der Waals surface area contributed by atoms with Crippen LogP contribution in [-0.2, 0) is 24.2 Å². The SMILES string of the molecule is O=C(CCc1cccnc1)Cc1ccc(COc2ccccc2-c2cccnc2)cc1. The second-order valence-electron chi connectivity index (χ2n) is 7.42. The minimum absolute atomic E-state index is 0.234. The fourth-order valence-corrected chi connectivity index (χ4v) is 3.41. The molecular formula is C27H24N2O2. The molecule has 4 rings (SSSR count). The Hall–Kier alpha value is -3.79. The average Bonchev–Trinajstić information content (AvgIpc) is 2.84. The number of nitrogens with zero attached hydrogens (tertiary/aromatic N) is 2. The highest BCUT2D eigenvalue weighted by Crippen LogP contribution is 2.29. The van der Waals surface area contributed by atoms with Crippen molar-refractivity contribution >= 4 is 5.78 Å². The van der Waals surface area contributed by atoms with Crippen LogP contribution in [0.25, 0.3) is 11.1 Å². The molecule has 0 aliphatic heterocycles. The minimum atomic E-state index is 0.234. The van der Waals surface area contributed by atoms with Crippen molar-refractivity contribution in [3.05, 3.63) is 114 Å². The quantitative estimate of drug-likeness (QED) is 0.369. The van der Waals surface area contributed by atoms with Gasteiger partial charge in [-0.05, 0) is 41.3 Å². The topological polar surface area (TPSA) is 52.1 Å². The van der Waals surface area contributed by atoms with Gasteiger partial charge in [0.15, 0.2) is 0 Å². The number of carbonyl (C=O) groups excluding carboxylic acids is 1. The number of benzene rings is 2. The molecule has 0 atom stereocenters. The van der Waals surface area contributed by atoms with E-state index in [2.05, 4.69) is 9.97 Å². The van der Waals surface area contributed by atoms with Gasteiger partial charge in [0.05, 0.1) is 0 Å². The van der Waals surface area contributed by atoms with E-state index in [-0.39, 0.29) is 5.78 Å². The van der Waals surface area contributed by atoms with E-state index >= 15 is 0 Å². The van der Waals surface area contributed by atoms with Crippen LogP contribution in [0.15, 0.2) is 97.6 Å². The number of ketones is 1. The maximum Gasteiger partial charge on any atom is 0.137 e. The minimum Gasteiger partial charge on any atom is -0.488 e. The van der Waals surface area contributed by atoms with Crippen LogP contribution in [0.2, 0.25) is 0 Å². The first-order valence-electron chi connectivity index (χ1n) is 10.4. The molecule has 154 valence electrons. The number of carbonyl (C=O) groups is 1. The summed E-state index contributed by atoms with van der Waals surface area (Å²) >= 11 is 0. The number of hydrogen-bond donors (Lipinski definition) is 0. The fraction of sp³-hybridized carbons (Fsp3) is 0.148. The van der Waals surface area contributed by atoms with Crippen LogP contribution in [0.4, 0.5) is 0 Å². The average molecular weight is 409 g/mol. The first-order valence-corrected chi connectivity index (χ1v) is 10.4. The zero-order chi connectivity index (χ0) is 21.3. The largest absolute Gasteiger partial charge is 0.488 e. The maximum absolute atomic E-state index is 12.3. The molecule has 0 aliphatic carbocycles. The van der Waals surface area contributed by atoms with E-state index in [0.717, 1.165) is 40.0 Å². The van der Waals surface area contributed by atoms with E-state index in [1.807, 2.05) is 85.2 Å². The highest BCUT2D eigenvalue weighted by Gasteiger charge is 2.08. The second kappa shape index (κ2) is 10.3. The van der Waals surface area contributed by atoms with Crippen molar-refractivity contribution in [2.75, 3.05) is 0 Å². The van der Waals surface area contributed by atoms with Crippen molar-refractivity contribution in [2.45, 2.75) is 25.9 Å². The molecule has 4 heteroatoms. The first-order chi connectivity index (χ1) is 15.3. The second-order valence-corrected chi connectivity index (χ2v) is 7.42. The number of hydrogen-bond acceptors (Lipinski definition) is 4. The Morgan fingerprint density at radius 2 is 1.48 bits per heavy atom. The first kappa shape index (κ1) is 20.5.